The van der Waals surface area contributed by atoms with Crippen LogP contribution in [0.25, 0.3) is 22.2 Å². The van der Waals surface area contributed by atoms with Crippen LogP contribution in [0.3, 0.4) is 0 Å². The van der Waals surface area contributed by atoms with E-state index < -0.39 is 0 Å². The van der Waals surface area contributed by atoms with Crippen LogP contribution in [-0.4, -0.2) is 40.2 Å². The Kier molecular flexibility index (Phi) is 6.15. The molecule has 1 aromatic carbocycles. The fraction of sp³-hybridized carbons (Fsp3) is 0.321. The number of aromatic nitrogens is 7. The van der Waals surface area contributed by atoms with E-state index in [1.807, 2.05) is 50.2 Å². The predicted molar refractivity (Wildman–Crippen MR) is 145 cm³/mol. The molecule has 5 aromatic rings. The van der Waals surface area contributed by atoms with Gasteiger partial charge in [0.25, 0.3) is 0 Å². The summed E-state index contributed by atoms with van der Waals surface area (Å²) in [6.07, 6.45) is 1.77. The minimum Gasteiger partial charge on any atom is -0.321 e. The standard InChI is InChI=1S/C28H32N8O/c1-16-8-10-22(11-9-16)23-12-13-29-28-26(23)18(3)32-36(28)15-25(37)30-27-19(4)33-35(21(27)6)14-24-17(2)31-34(7)20(24)5/h8-13H,14-15H2,1-7H3,(H,30,37). The molecule has 4 heterocycles. The van der Waals surface area contributed by atoms with E-state index in [4.69, 9.17) is 5.10 Å². The summed E-state index contributed by atoms with van der Waals surface area (Å²) in [5, 5.41) is 17.9. The van der Waals surface area contributed by atoms with E-state index in [0.29, 0.717) is 12.2 Å². The van der Waals surface area contributed by atoms with Crippen LogP contribution < -0.4 is 5.32 Å². The lowest BCUT2D eigenvalue weighted by molar-refractivity contribution is -0.116. The molecule has 190 valence electrons. The first-order valence-electron chi connectivity index (χ1n) is 12.4. The summed E-state index contributed by atoms with van der Waals surface area (Å²) in [6.45, 7) is 12.6. The van der Waals surface area contributed by atoms with Gasteiger partial charge in [-0.2, -0.15) is 15.3 Å². The smallest absolute Gasteiger partial charge is 0.246 e. The summed E-state index contributed by atoms with van der Waals surface area (Å²) in [6, 6.07) is 10.4. The number of amides is 1. The number of carbonyl (C=O) groups is 1. The van der Waals surface area contributed by atoms with E-state index in [0.717, 1.165) is 56.2 Å². The van der Waals surface area contributed by atoms with Gasteiger partial charge in [-0.1, -0.05) is 29.8 Å². The van der Waals surface area contributed by atoms with Crippen molar-refractivity contribution in [2.45, 2.75) is 54.6 Å². The number of fused-ring (bicyclic) bond motifs is 1. The number of carbonyl (C=O) groups excluding carboxylic acids is 1. The third kappa shape index (κ3) is 4.41. The van der Waals surface area contributed by atoms with Crippen LogP contribution in [0.4, 0.5) is 5.69 Å². The average molecular weight is 497 g/mol. The van der Waals surface area contributed by atoms with E-state index in [2.05, 4.69) is 58.6 Å². The zero-order valence-electron chi connectivity index (χ0n) is 22.4. The molecule has 1 amide bonds. The third-order valence-electron chi connectivity index (χ3n) is 7.08. The van der Waals surface area contributed by atoms with Crippen molar-refractivity contribution in [2.24, 2.45) is 7.05 Å². The van der Waals surface area contributed by atoms with Gasteiger partial charge in [0, 0.05) is 29.9 Å². The van der Waals surface area contributed by atoms with Gasteiger partial charge in [-0.3, -0.25) is 14.2 Å². The number of hydrogen-bond acceptors (Lipinski definition) is 5. The molecule has 0 spiro atoms. The highest BCUT2D eigenvalue weighted by atomic mass is 16.2. The van der Waals surface area contributed by atoms with Gasteiger partial charge in [-0.25, -0.2) is 9.67 Å². The van der Waals surface area contributed by atoms with Crippen LogP contribution in [0.15, 0.2) is 36.5 Å². The van der Waals surface area contributed by atoms with E-state index in [9.17, 15) is 4.79 Å². The largest absolute Gasteiger partial charge is 0.321 e. The molecule has 0 atom stereocenters. The van der Waals surface area contributed by atoms with E-state index in [1.54, 1.807) is 10.9 Å². The first kappa shape index (κ1) is 24.4. The minimum atomic E-state index is -0.175. The lowest BCUT2D eigenvalue weighted by atomic mass is 10.0. The Morgan fingerprint density at radius 1 is 0.838 bits per heavy atom. The molecule has 0 saturated carbocycles. The van der Waals surface area contributed by atoms with E-state index in [-0.39, 0.29) is 12.5 Å². The van der Waals surface area contributed by atoms with Crippen LogP contribution in [0.1, 0.15) is 39.6 Å². The van der Waals surface area contributed by atoms with E-state index in [1.165, 1.54) is 5.56 Å². The number of aryl methyl sites for hydroxylation is 5. The van der Waals surface area contributed by atoms with Crippen LogP contribution in [0.5, 0.6) is 0 Å². The molecular formula is C28H32N8O. The zero-order chi connectivity index (χ0) is 26.4. The second kappa shape index (κ2) is 9.31. The van der Waals surface area contributed by atoms with Crippen molar-refractivity contribution in [3.05, 3.63) is 76.1 Å². The summed E-state index contributed by atoms with van der Waals surface area (Å²) in [7, 11) is 1.94. The second-order valence-corrected chi connectivity index (χ2v) is 9.69. The molecule has 1 N–H and O–H groups in total. The van der Waals surface area contributed by atoms with Gasteiger partial charge in [0.15, 0.2) is 5.65 Å². The van der Waals surface area contributed by atoms with Gasteiger partial charge in [-0.15, -0.1) is 0 Å². The molecular weight excluding hydrogens is 464 g/mol. The van der Waals surface area contributed by atoms with Gasteiger partial charge in [0.1, 0.15) is 6.54 Å². The molecule has 0 saturated heterocycles. The Bertz CT molecular complexity index is 1640. The third-order valence-corrected chi connectivity index (χ3v) is 7.08. The highest BCUT2D eigenvalue weighted by Crippen LogP contribution is 2.30. The quantitative estimate of drug-likeness (QED) is 0.372. The molecule has 9 heteroatoms. The summed E-state index contributed by atoms with van der Waals surface area (Å²) >= 11 is 0. The molecule has 9 nitrogen and oxygen atoms in total. The maximum absolute atomic E-state index is 13.2. The lowest BCUT2D eigenvalue weighted by Gasteiger charge is -2.09. The number of hydrogen-bond donors (Lipinski definition) is 1. The van der Waals surface area contributed by atoms with Crippen LogP contribution >= 0.6 is 0 Å². The topological polar surface area (TPSA) is 95.4 Å². The maximum atomic E-state index is 13.2. The number of anilines is 1. The van der Waals surface area contributed by atoms with Crippen molar-refractivity contribution < 1.29 is 4.79 Å². The average Bonchev–Trinajstić information content (AvgIpc) is 3.41. The van der Waals surface area contributed by atoms with Gasteiger partial charge in [-0.05, 0) is 58.7 Å². The van der Waals surface area contributed by atoms with Crippen molar-refractivity contribution in [1.29, 1.82) is 0 Å². The van der Waals surface area contributed by atoms with Crippen molar-refractivity contribution in [3.8, 4) is 11.1 Å². The molecule has 0 radical (unpaired) electrons. The van der Waals surface area contributed by atoms with Crippen LogP contribution in [0.2, 0.25) is 0 Å². The number of nitrogens with one attached hydrogen (secondary N) is 1. The molecule has 5 rings (SSSR count). The zero-order valence-corrected chi connectivity index (χ0v) is 22.4. The second-order valence-electron chi connectivity index (χ2n) is 9.69. The van der Waals surface area contributed by atoms with Crippen LogP contribution in [0, 0.1) is 41.5 Å². The summed E-state index contributed by atoms with van der Waals surface area (Å²) in [5.41, 5.74) is 10.5. The van der Waals surface area contributed by atoms with Gasteiger partial charge < -0.3 is 5.32 Å². The maximum Gasteiger partial charge on any atom is 0.246 e. The number of rotatable bonds is 6. The SMILES string of the molecule is Cc1ccc(-c2ccnc3c2c(C)nn3CC(=O)Nc2c(C)nn(Cc3c(C)nn(C)c3C)c2C)cc1. The highest BCUT2D eigenvalue weighted by molar-refractivity contribution is 5.96. The molecule has 4 aromatic heterocycles. The normalized spacial score (nSPS) is 11.4. The van der Waals surface area contributed by atoms with Gasteiger partial charge in [0.2, 0.25) is 5.91 Å². The summed E-state index contributed by atoms with van der Waals surface area (Å²) in [5.74, 6) is -0.175. The number of benzene rings is 1. The van der Waals surface area contributed by atoms with Gasteiger partial charge >= 0.3 is 0 Å². The Balaban J connectivity index is 1.39. The molecule has 0 unspecified atom stereocenters. The van der Waals surface area contributed by atoms with Crippen molar-refractivity contribution in [2.75, 3.05) is 5.32 Å². The molecule has 0 fully saturated rings. The van der Waals surface area contributed by atoms with Gasteiger partial charge in [0.05, 0.1) is 35.0 Å². The molecule has 0 aliphatic carbocycles. The number of nitrogens with zero attached hydrogens (tertiary/aromatic N) is 7. The molecule has 0 bridgehead atoms. The highest BCUT2D eigenvalue weighted by Gasteiger charge is 2.20. The van der Waals surface area contributed by atoms with Crippen molar-refractivity contribution in [1.82, 2.24) is 34.3 Å². The fourth-order valence-electron chi connectivity index (χ4n) is 4.91. The lowest BCUT2D eigenvalue weighted by Crippen LogP contribution is -2.20. The number of pyridine rings is 1. The molecule has 37 heavy (non-hydrogen) atoms. The summed E-state index contributed by atoms with van der Waals surface area (Å²) in [4.78, 5) is 17.7. The predicted octanol–water partition coefficient (Wildman–Crippen LogP) is 4.57. The van der Waals surface area contributed by atoms with Crippen molar-refractivity contribution in [3.63, 3.8) is 0 Å². The van der Waals surface area contributed by atoms with Crippen molar-refractivity contribution >= 4 is 22.6 Å². The Labute approximate surface area is 216 Å². The molecule has 0 aliphatic heterocycles. The Hall–Kier alpha value is -4.27. The Morgan fingerprint density at radius 3 is 2.22 bits per heavy atom. The first-order valence-corrected chi connectivity index (χ1v) is 12.4. The van der Waals surface area contributed by atoms with Crippen LogP contribution in [-0.2, 0) is 24.9 Å². The monoisotopic (exact) mass is 496 g/mol. The van der Waals surface area contributed by atoms with E-state index >= 15 is 0 Å². The first-order chi connectivity index (χ1) is 17.6. The summed E-state index contributed by atoms with van der Waals surface area (Å²) < 4.78 is 5.48. The Morgan fingerprint density at radius 2 is 1.54 bits per heavy atom. The minimum absolute atomic E-state index is 0.0551. The fourth-order valence-corrected chi connectivity index (χ4v) is 4.91. The molecule has 0 aliphatic rings.